The highest BCUT2D eigenvalue weighted by molar-refractivity contribution is 4.90. The molecule has 2 heteroatoms. The lowest BCUT2D eigenvalue weighted by Gasteiger charge is -2.43. The third-order valence-corrected chi connectivity index (χ3v) is 5.63. The quantitative estimate of drug-likeness (QED) is 0.807. The minimum Gasteiger partial charge on any atom is -0.393 e. The van der Waals surface area contributed by atoms with E-state index in [0.29, 0.717) is 5.92 Å². The fourth-order valence-corrected chi connectivity index (χ4v) is 4.43. The smallest absolute Gasteiger partial charge is 0.0552 e. The summed E-state index contributed by atoms with van der Waals surface area (Å²) in [6.07, 6.45) is 9.82. The van der Waals surface area contributed by atoms with Crippen molar-refractivity contribution in [1.82, 2.24) is 0 Å². The van der Waals surface area contributed by atoms with E-state index in [1.165, 1.54) is 38.5 Å². The van der Waals surface area contributed by atoms with Crippen LogP contribution in [0.5, 0.6) is 0 Å². The Morgan fingerprint density at radius 1 is 1.11 bits per heavy atom. The van der Waals surface area contributed by atoms with Crippen LogP contribution in [0.1, 0.15) is 65.2 Å². The zero-order chi connectivity index (χ0) is 13.1. The van der Waals surface area contributed by atoms with Crippen molar-refractivity contribution in [3.63, 3.8) is 0 Å². The first-order valence-electron chi connectivity index (χ1n) is 8.05. The Kier molecular flexibility index (Phi) is 5.08. The van der Waals surface area contributed by atoms with Gasteiger partial charge in [-0.3, -0.25) is 0 Å². The molecule has 3 aliphatic carbocycles. The second kappa shape index (κ2) is 6.38. The minimum absolute atomic E-state index is 0.200. The van der Waals surface area contributed by atoms with E-state index in [4.69, 9.17) is 5.73 Å². The molecule has 0 heterocycles. The molecule has 0 amide bonds. The van der Waals surface area contributed by atoms with E-state index in [2.05, 4.69) is 6.92 Å². The first-order chi connectivity index (χ1) is 8.61. The average Bonchev–Trinajstić information content (AvgIpc) is 2.35. The molecule has 3 N–H and O–H groups in total. The van der Waals surface area contributed by atoms with Crippen LogP contribution in [-0.2, 0) is 0 Å². The van der Waals surface area contributed by atoms with E-state index in [1.807, 2.05) is 6.92 Å². The number of nitrogens with two attached hydrogens (primary N) is 1. The van der Waals surface area contributed by atoms with Crippen LogP contribution in [0, 0.1) is 23.7 Å². The van der Waals surface area contributed by atoms with E-state index in [9.17, 15) is 5.11 Å². The van der Waals surface area contributed by atoms with Crippen LogP contribution in [0.2, 0.25) is 0 Å². The lowest BCUT2D eigenvalue weighted by atomic mass is 9.63. The largest absolute Gasteiger partial charge is 0.393 e. The molecule has 3 aliphatic rings. The highest BCUT2D eigenvalue weighted by Gasteiger charge is 2.37. The van der Waals surface area contributed by atoms with Gasteiger partial charge in [0, 0.05) is 6.04 Å². The van der Waals surface area contributed by atoms with E-state index in [1.54, 1.807) is 0 Å². The van der Waals surface area contributed by atoms with Gasteiger partial charge in [-0.05, 0) is 49.4 Å². The summed E-state index contributed by atoms with van der Waals surface area (Å²) < 4.78 is 0. The second-order valence-electron chi connectivity index (χ2n) is 6.87. The molecule has 3 saturated carbocycles. The second-order valence-corrected chi connectivity index (χ2v) is 6.87. The number of fused-ring (bicyclic) bond motifs is 5. The van der Waals surface area contributed by atoms with Crippen molar-refractivity contribution >= 4 is 0 Å². The summed E-state index contributed by atoms with van der Waals surface area (Å²) in [6.45, 7) is 4.44. The number of rotatable bonds is 4. The molecule has 2 nitrogen and oxygen atoms in total. The lowest BCUT2D eigenvalue weighted by molar-refractivity contribution is 0.0677. The maximum atomic E-state index is 9.86. The predicted octanol–water partition coefficient (Wildman–Crippen LogP) is 3.33. The molecule has 18 heavy (non-hydrogen) atoms. The monoisotopic (exact) mass is 253 g/mol. The van der Waals surface area contributed by atoms with Crippen molar-refractivity contribution < 1.29 is 5.11 Å². The Morgan fingerprint density at radius 3 is 2.33 bits per heavy atom. The van der Waals surface area contributed by atoms with Crippen molar-refractivity contribution in [2.45, 2.75) is 77.4 Å². The van der Waals surface area contributed by atoms with Crippen molar-refractivity contribution in [3.8, 4) is 0 Å². The van der Waals surface area contributed by atoms with Crippen molar-refractivity contribution in [3.05, 3.63) is 0 Å². The van der Waals surface area contributed by atoms with Gasteiger partial charge in [-0.15, -0.1) is 0 Å². The standard InChI is InChI=1S/C16H31NO/c1-3-14(18)10-15(17)16-11(2)4-5-12-6-8-13(16)9-7-12/h11-16,18H,3-10,17H2,1-2H3/t11-,12?,13?,14?,15?,16?/m1/s1. The third-order valence-electron chi connectivity index (χ3n) is 5.63. The predicted molar refractivity (Wildman–Crippen MR) is 76.2 cm³/mol. The summed E-state index contributed by atoms with van der Waals surface area (Å²) in [4.78, 5) is 0. The Hall–Kier alpha value is -0.0800. The fourth-order valence-electron chi connectivity index (χ4n) is 4.43. The molecule has 0 radical (unpaired) electrons. The van der Waals surface area contributed by atoms with E-state index >= 15 is 0 Å². The molecule has 2 bridgehead atoms. The zero-order valence-corrected chi connectivity index (χ0v) is 12.1. The van der Waals surface area contributed by atoms with Crippen LogP contribution in [0.4, 0.5) is 0 Å². The molecule has 3 unspecified atom stereocenters. The molecule has 0 aromatic rings. The van der Waals surface area contributed by atoms with E-state index in [0.717, 1.165) is 30.6 Å². The topological polar surface area (TPSA) is 46.2 Å². The number of aliphatic hydroxyl groups excluding tert-OH is 1. The van der Waals surface area contributed by atoms with Crippen molar-refractivity contribution in [1.29, 1.82) is 0 Å². The van der Waals surface area contributed by atoms with Gasteiger partial charge >= 0.3 is 0 Å². The van der Waals surface area contributed by atoms with Gasteiger partial charge < -0.3 is 10.8 Å². The van der Waals surface area contributed by atoms with Gasteiger partial charge in [0.1, 0.15) is 0 Å². The van der Waals surface area contributed by atoms with Gasteiger partial charge in [-0.1, -0.05) is 39.5 Å². The summed E-state index contributed by atoms with van der Waals surface area (Å²) in [5.74, 6) is 3.22. The third kappa shape index (κ3) is 3.27. The summed E-state index contributed by atoms with van der Waals surface area (Å²) in [6, 6.07) is 0.203. The van der Waals surface area contributed by atoms with Crippen molar-refractivity contribution in [2.24, 2.45) is 29.4 Å². The molecule has 3 rings (SSSR count). The first kappa shape index (κ1) is 14.3. The summed E-state index contributed by atoms with van der Waals surface area (Å²) in [7, 11) is 0. The summed E-state index contributed by atoms with van der Waals surface area (Å²) >= 11 is 0. The van der Waals surface area contributed by atoms with Crippen LogP contribution in [0.3, 0.4) is 0 Å². The van der Waals surface area contributed by atoms with Gasteiger partial charge in [0.2, 0.25) is 0 Å². The van der Waals surface area contributed by atoms with Crippen molar-refractivity contribution in [2.75, 3.05) is 0 Å². The molecule has 0 spiro atoms. The Bertz CT molecular complexity index is 247. The van der Waals surface area contributed by atoms with E-state index in [-0.39, 0.29) is 12.1 Å². The van der Waals surface area contributed by atoms with E-state index < -0.39 is 0 Å². The molecular formula is C16H31NO. The van der Waals surface area contributed by atoms with Gasteiger partial charge in [-0.2, -0.15) is 0 Å². The molecule has 3 fully saturated rings. The highest BCUT2D eigenvalue weighted by atomic mass is 16.3. The summed E-state index contributed by atoms with van der Waals surface area (Å²) in [5.41, 5.74) is 6.46. The van der Waals surface area contributed by atoms with Gasteiger partial charge in [0.05, 0.1) is 6.10 Å². The number of hydrogen-bond donors (Lipinski definition) is 2. The molecule has 0 aromatic heterocycles. The molecule has 0 saturated heterocycles. The highest BCUT2D eigenvalue weighted by Crippen LogP contribution is 2.44. The van der Waals surface area contributed by atoms with Crippen LogP contribution >= 0.6 is 0 Å². The van der Waals surface area contributed by atoms with Crippen LogP contribution in [-0.4, -0.2) is 17.3 Å². The average molecular weight is 253 g/mol. The molecule has 4 atom stereocenters. The van der Waals surface area contributed by atoms with Gasteiger partial charge in [0.15, 0.2) is 0 Å². The molecule has 0 aromatic carbocycles. The zero-order valence-electron chi connectivity index (χ0n) is 12.1. The maximum Gasteiger partial charge on any atom is 0.0552 e. The minimum atomic E-state index is -0.200. The Labute approximate surface area is 112 Å². The molecule has 106 valence electrons. The maximum absolute atomic E-state index is 9.86. The normalized spacial score (nSPS) is 40.0. The number of aliphatic hydroxyl groups is 1. The van der Waals surface area contributed by atoms with Gasteiger partial charge in [0.25, 0.3) is 0 Å². The molecular weight excluding hydrogens is 222 g/mol. The Morgan fingerprint density at radius 2 is 1.72 bits per heavy atom. The lowest BCUT2D eigenvalue weighted by Crippen LogP contribution is -2.43. The van der Waals surface area contributed by atoms with Crippen LogP contribution < -0.4 is 5.73 Å². The number of hydrogen-bond acceptors (Lipinski definition) is 2. The summed E-state index contributed by atoms with van der Waals surface area (Å²) in [5, 5.41) is 9.86. The SMILES string of the molecule is CCC(O)CC(N)C1C2CCC(CC2)CC[C@H]1C. The fraction of sp³-hybridized carbons (Fsp3) is 1.00. The van der Waals surface area contributed by atoms with Crippen LogP contribution in [0.25, 0.3) is 0 Å². The Balaban J connectivity index is 2.01. The van der Waals surface area contributed by atoms with Crippen LogP contribution in [0.15, 0.2) is 0 Å². The van der Waals surface area contributed by atoms with Gasteiger partial charge in [-0.25, -0.2) is 0 Å². The first-order valence-corrected chi connectivity index (χ1v) is 8.05. The molecule has 0 aliphatic heterocycles.